The summed E-state index contributed by atoms with van der Waals surface area (Å²) in [6.45, 7) is 5.59. The molecule has 1 atom stereocenters. The highest BCUT2D eigenvalue weighted by Gasteiger charge is 2.33. The molecule has 1 saturated heterocycles. The monoisotopic (exact) mass is 260 g/mol. The highest BCUT2D eigenvalue weighted by atomic mass is 16.5. The van der Waals surface area contributed by atoms with Crippen LogP contribution in [0, 0.1) is 0 Å². The molecule has 5 heteroatoms. The first kappa shape index (κ1) is 15.9. The summed E-state index contributed by atoms with van der Waals surface area (Å²) < 4.78 is 10.2. The van der Waals surface area contributed by atoms with Crippen molar-refractivity contribution in [2.45, 2.75) is 18.4 Å². The largest absolute Gasteiger partial charge is 0.387 e. The molecule has 18 heavy (non-hydrogen) atoms. The third-order valence-corrected chi connectivity index (χ3v) is 3.49. The van der Waals surface area contributed by atoms with Gasteiger partial charge in [0.2, 0.25) is 0 Å². The maximum atomic E-state index is 10.6. The molecule has 1 fully saturated rings. The molecule has 5 nitrogen and oxygen atoms in total. The van der Waals surface area contributed by atoms with E-state index in [-0.39, 0.29) is 0 Å². The molecule has 0 amide bonds. The van der Waals surface area contributed by atoms with Gasteiger partial charge < -0.3 is 19.5 Å². The first-order chi connectivity index (χ1) is 8.59. The summed E-state index contributed by atoms with van der Waals surface area (Å²) in [4.78, 5) is 4.43. The maximum Gasteiger partial charge on any atom is 0.0900 e. The third kappa shape index (κ3) is 5.63. The normalized spacial score (nSPS) is 25.8. The number of methoxy groups -OCH3 is 2. The Morgan fingerprint density at radius 3 is 2.33 bits per heavy atom. The predicted molar refractivity (Wildman–Crippen MR) is 71.9 cm³/mol. The molecule has 0 aromatic carbocycles. The minimum Gasteiger partial charge on any atom is -0.387 e. The number of hydrogen-bond acceptors (Lipinski definition) is 5. The smallest absolute Gasteiger partial charge is 0.0900 e. The molecule has 1 aliphatic rings. The van der Waals surface area contributed by atoms with Crippen LogP contribution in [0.15, 0.2) is 0 Å². The molecule has 0 saturated carbocycles. The summed E-state index contributed by atoms with van der Waals surface area (Å²) >= 11 is 0. The van der Waals surface area contributed by atoms with E-state index in [1.54, 1.807) is 14.2 Å². The lowest BCUT2D eigenvalue weighted by atomic mass is 9.92. The summed E-state index contributed by atoms with van der Waals surface area (Å²) in [6, 6.07) is 0. The van der Waals surface area contributed by atoms with Gasteiger partial charge in [-0.15, -0.1) is 0 Å². The van der Waals surface area contributed by atoms with E-state index in [1.807, 2.05) is 0 Å². The first-order valence-corrected chi connectivity index (χ1v) is 6.71. The number of likely N-dealkylation sites (N-methyl/N-ethyl adjacent to an activating group) is 1. The van der Waals surface area contributed by atoms with Gasteiger partial charge in [0.05, 0.1) is 18.8 Å². The molecule has 0 aromatic rings. The Labute approximate surface area is 111 Å². The number of likely N-dealkylation sites (tertiary alicyclic amines) is 1. The van der Waals surface area contributed by atoms with Gasteiger partial charge >= 0.3 is 0 Å². The van der Waals surface area contributed by atoms with Gasteiger partial charge in [0.25, 0.3) is 0 Å². The van der Waals surface area contributed by atoms with E-state index in [0.29, 0.717) is 19.8 Å². The molecule has 0 spiro atoms. The van der Waals surface area contributed by atoms with E-state index in [2.05, 4.69) is 16.8 Å². The fraction of sp³-hybridized carbons (Fsp3) is 1.00. The lowest BCUT2D eigenvalue weighted by Gasteiger charge is -2.40. The Hall–Kier alpha value is -0.200. The van der Waals surface area contributed by atoms with Crippen molar-refractivity contribution in [1.29, 1.82) is 0 Å². The Morgan fingerprint density at radius 2 is 1.83 bits per heavy atom. The molecule has 1 rings (SSSR count). The van der Waals surface area contributed by atoms with E-state index in [4.69, 9.17) is 9.47 Å². The Morgan fingerprint density at radius 1 is 1.22 bits per heavy atom. The number of nitrogens with zero attached hydrogens (tertiary/aromatic N) is 2. The minimum absolute atomic E-state index is 0.589. The van der Waals surface area contributed by atoms with Gasteiger partial charge in [-0.2, -0.15) is 0 Å². The number of hydrogen-bond donors (Lipinski definition) is 1. The van der Waals surface area contributed by atoms with Crippen LogP contribution in [0.5, 0.6) is 0 Å². The Kier molecular flexibility index (Phi) is 7.11. The fourth-order valence-electron chi connectivity index (χ4n) is 2.59. The van der Waals surface area contributed by atoms with Crippen molar-refractivity contribution in [3.8, 4) is 0 Å². The fourth-order valence-corrected chi connectivity index (χ4v) is 2.59. The summed E-state index contributed by atoms with van der Waals surface area (Å²) in [5, 5.41) is 10.6. The van der Waals surface area contributed by atoms with Crippen molar-refractivity contribution >= 4 is 0 Å². The summed E-state index contributed by atoms with van der Waals surface area (Å²) in [6.07, 6.45) is 1.95. The number of piperidine rings is 1. The van der Waals surface area contributed by atoms with Crippen molar-refractivity contribution < 1.29 is 14.6 Å². The van der Waals surface area contributed by atoms with Gasteiger partial charge in [-0.05, 0) is 26.4 Å². The molecule has 0 unspecified atom stereocenters. The second kappa shape index (κ2) is 8.07. The standard InChI is InChI=1S/C13H28N2O3/c1-14-6-4-5-13(16,11-14)12-15(7-9-17-2)8-10-18-3/h16H,4-12H2,1-3H3/t13-/m0/s1. The van der Waals surface area contributed by atoms with Crippen LogP contribution < -0.4 is 0 Å². The van der Waals surface area contributed by atoms with Crippen molar-refractivity contribution in [2.24, 2.45) is 0 Å². The SMILES string of the molecule is COCCN(CCOC)C[C@]1(O)CCCN(C)C1. The average Bonchev–Trinajstić information content (AvgIpc) is 2.32. The second-order valence-electron chi connectivity index (χ2n) is 5.33. The van der Waals surface area contributed by atoms with E-state index in [9.17, 15) is 5.11 Å². The van der Waals surface area contributed by atoms with E-state index >= 15 is 0 Å². The number of aliphatic hydroxyl groups is 1. The Balaban J connectivity index is 2.45. The zero-order valence-electron chi connectivity index (χ0n) is 12.0. The van der Waals surface area contributed by atoms with Gasteiger partial charge in [0, 0.05) is 40.4 Å². The molecule has 108 valence electrons. The summed E-state index contributed by atoms with van der Waals surface area (Å²) in [5.41, 5.74) is -0.589. The van der Waals surface area contributed by atoms with Gasteiger partial charge in [-0.1, -0.05) is 0 Å². The van der Waals surface area contributed by atoms with Crippen LogP contribution >= 0.6 is 0 Å². The highest BCUT2D eigenvalue weighted by molar-refractivity contribution is 4.89. The molecule has 0 bridgehead atoms. The lowest BCUT2D eigenvalue weighted by Crippen LogP contribution is -2.54. The molecular weight excluding hydrogens is 232 g/mol. The molecule has 0 aliphatic carbocycles. The van der Waals surface area contributed by atoms with Gasteiger partial charge in [-0.25, -0.2) is 0 Å². The molecule has 0 aromatic heterocycles. The van der Waals surface area contributed by atoms with E-state index in [0.717, 1.165) is 39.0 Å². The average molecular weight is 260 g/mol. The number of rotatable bonds is 8. The van der Waals surface area contributed by atoms with Crippen LogP contribution in [0.2, 0.25) is 0 Å². The summed E-state index contributed by atoms with van der Waals surface area (Å²) in [7, 11) is 5.48. The predicted octanol–water partition coefficient (Wildman–Crippen LogP) is 0.0379. The molecular formula is C13H28N2O3. The van der Waals surface area contributed by atoms with E-state index in [1.165, 1.54) is 0 Å². The summed E-state index contributed by atoms with van der Waals surface area (Å²) in [5.74, 6) is 0. The minimum atomic E-state index is -0.589. The molecule has 1 heterocycles. The molecule has 1 N–H and O–H groups in total. The molecule has 1 aliphatic heterocycles. The quantitative estimate of drug-likeness (QED) is 0.667. The zero-order chi connectivity index (χ0) is 13.4. The first-order valence-electron chi connectivity index (χ1n) is 6.71. The Bertz CT molecular complexity index is 220. The third-order valence-electron chi connectivity index (χ3n) is 3.49. The lowest BCUT2D eigenvalue weighted by molar-refractivity contribution is -0.0526. The molecule has 0 radical (unpaired) electrons. The van der Waals surface area contributed by atoms with Crippen LogP contribution in [0.3, 0.4) is 0 Å². The van der Waals surface area contributed by atoms with Crippen molar-refractivity contribution in [3.05, 3.63) is 0 Å². The van der Waals surface area contributed by atoms with Crippen LogP contribution in [0.1, 0.15) is 12.8 Å². The second-order valence-corrected chi connectivity index (χ2v) is 5.33. The number of β-amino-alcohol motifs (C(OH)–C–C–N with tert-alkyl or cyclic N) is 1. The van der Waals surface area contributed by atoms with Crippen molar-refractivity contribution in [1.82, 2.24) is 9.80 Å². The van der Waals surface area contributed by atoms with Gasteiger partial charge in [0.15, 0.2) is 0 Å². The van der Waals surface area contributed by atoms with Crippen LogP contribution in [0.25, 0.3) is 0 Å². The maximum absolute atomic E-state index is 10.6. The highest BCUT2D eigenvalue weighted by Crippen LogP contribution is 2.21. The van der Waals surface area contributed by atoms with Gasteiger partial charge in [-0.3, -0.25) is 4.90 Å². The topological polar surface area (TPSA) is 45.2 Å². The van der Waals surface area contributed by atoms with Crippen LogP contribution in [-0.4, -0.2) is 87.7 Å². The van der Waals surface area contributed by atoms with Crippen molar-refractivity contribution in [3.63, 3.8) is 0 Å². The zero-order valence-corrected chi connectivity index (χ0v) is 12.0. The van der Waals surface area contributed by atoms with Crippen molar-refractivity contribution in [2.75, 3.05) is 67.2 Å². The van der Waals surface area contributed by atoms with E-state index < -0.39 is 5.60 Å². The van der Waals surface area contributed by atoms with Gasteiger partial charge in [0.1, 0.15) is 0 Å². The van der Waals surface area contributed by atoms with Crippen LogP contribution in [0.4, 0.5) is 0 Å². The van der Waals surface area contributed by atoms with Crippen LogP contribution in [-0.2, 0) is 9.47 Å². The number of ether oxygens (including phenoxy) is 2.